The van der Waals surface area contributed by atoms with Crippen LogP contribution in [0.2, 0.25) is 0 Å². The van der Waals surface area contributed by atoms with Gasteiger partial charge in [-0.05, 0) is 48.7 Å². The van der Waals surface area contributed by atoms with Crippen molar-refractivity contribution >= 4 is 16.8 Å². The minimum Gasteiger partial charge on any atom is -0.350 e. The lowest BCUT2D eigenvalue weighted by Crippen LogP contribution is -2.26. The summed E-state index contributed by atoms with van der Waals surface area (Å²) in [5.41, 5.74) is 2.97. The van der Waals surface area contributed by atoms with Crippen molar-refractivity contribution in [2.45, 2.75) is 26.1 Å². The Bertz CT molecular complexity index is 1250. The molecule has 5 nitrogen and oxygen atoms in total. The number of hydrogen-bond acceptors (Lipinski definition) is 3. The van der Waals surface area contributed by atoms with Crippen LogP contribution in [0.25, 0.3) is 10.9 Å². The molecule has 0 saturated heterocycles. The molecule has 0 saturated carbocycles. The van der Waals surface area contributed by atoms with Crippen LogP contribution in [0.3, 0.4) is 0 Å². The standard InChI is InChI=1S/C24H21F3N4O/c1-16-18(5-4-13-28-16)12-14-29-23(32)22-20-6-2-3-7-21(20)31(30-22)15-17-8-10-19(11-9-17)24(25,26)27/h2-11,13H,12,14-15H2,1H3,(H,29,32). The second-order valence-electron chi connectivity index (χ2n) is 7.47. The van der Waals surface area contributed by atoms with Crippen LogP contribution in [0.15, 0.2) is 66.9 Å². The van der Waals surface area contributed by atoms with Crippen LogP contribution in [0.5, 0.6) is 0 Å². The Morgan fingerprint density at radius 1 is 1.03 bits per heavy atom. The largest absolute Gasteiger partial charge is 0.416 e. The van der Waals surface area contributed by atoms with Gasteiger partial charge in [-0.3, -0.25) is 14.5 Å². The topological polar surface area (TPSA) is 59.8 Å². The number of carbonyl (C=O) groups excluding carboxylic acids is 1. The van der Waals surface area contributed by atoms with Gasteiger partial charge in [0.2, 0.25) is 0 Å². The number of halogens is 3. The van der Waals surface area contributed by atoms with E-state index < -0.39 is 11.7 Å². The monoisotopic (exact) mass is 438 g/mol. The van der Waals surface area contributed by atoms with Crippen molar-refractivity contribution in [3.05, 3.63) is 94.9 Å². The first-order chi connectivity index (χ1) is 15.3. The fourth-order valence-corrected chi connectivity index (χ4v) is 3.56. The second-order valence-corrected chi connectivity index (χ2v) is 7.47. The predicted molar refractivity (Wildman–Crippen MR) is 115 cm³/mol. The molecule has 0 radical (unpaired) electrons. The molecule has 2 heterocycles. The van der Waals surface area contributed by atoms with Gasteiger partial charge in [0.15, 0.2) is 5.69 Å². The molecule has 1 amide bonds. The van der Waals surface area contributed by atoms with E-state index in [2.05, 4.69) is 15.4 Å². The van der Waals surface area contributed by atoms with Gasteiger partial charge in [0.1, 0.15) is 0 Å². The van der Waals surface area contributed by atoms with Gasteiger partial charge < -0.3 is 5.32 Å². The van der Waals surface area contributed by atoms with Gasteiger partial charge in [-0.15, -0.1) is 0 Å². The van der Waals surface area contributed by atoms with Crippen molar-refractivity contribution in [3.63, 3.8) is 0 Å². The zero-order valence-electron chi connectivity index (χ0n) is 17.4. The Balaban J connectivity index is 1.52. The van der Waals surface area contributed by atoms with Gasteiger partial charge >= 0.3 is 6.18 Å². The quantitative estimate of drug-likeness (QED) is 0.471. The molecule has 0 unspecified atom stereocenters. The highest BCUT2D eigenvalue weighted by atomic mass is 19.4. The third-order valence-corrected chi connectivity index (χ3v) is 5.28. The van der Waals surface area contributed by atoms with E-state index in [0.717, 1.165) is 28.9 Å². The van der Waals surface area contributed by atoms with Crippen molar-refractivity contribution in [2.24, 2.45) is 0 Å². The number of para-hydroxylation sites is 1. The summed E-state index contributed by atoms with van der Waals surface area (Å²) >= 11 is 0. The van der Waals surface area contributed by atoms with Crippen molar-refractivity contribution in [3.8, 4) is 0 Å². The van der Waals surface area contributed by atoms with Gasteiger partial charge in [-0.25, -0.2) is 0 Å². The lowest BCUT2D eigenvalue weighted by molar-refractivity contribution is -0.137. The lowest BCUT2D eigenvalue weighted by Gasteiger charge is -2.08. The van der Waals surface area contributed by atoms with Crippen LogP contribution in [-0.2, 0) is 19.1 Å². The maximum Gasteiger partial charge on any atom is 0.416 e. The van der Waals surface area contributed by atoms with E-state index >= 15 is 0 Å². The number of benzene rings is 2. The number of pyridine rings is 1. The van der Waals surface area contributed by atoms with Gasteiger partial charge in [0.05, 0.1) is 17.6 Å². The third kappa shape index (κ3) is 4.64. The molecule has 32 heavy (non-hydrogen) atoms. The van der Waals surface area contributed by atoms with E-state index in [4.69, 9.17) is 0 Å². The van der Waals surface area contributed by atoms with Crippen LogP contribution in [0.1, 0.15) is 32.9 Å². The number of rotatable bonds is 6. The number of nitrogens with one attached hydrogen (secondary N) is 1. The molecule has 0 spiro atoms. The molecule has 0 fully saturated rings. The van der Waals surface area contributed by atoms with Crippen LogP contribution >= 0.6 is 0 Å². The zero-order valence-corrected chi connectivity index (χ0v) is 17.4. The number of aryl methyl sites for hydroxylation is 1. The number of nitrogens with zero attached hydrogens (tertiary/aromatic N) is 3. The Morgan fingerprint density at radius 3 is 2.50 bits per heavy atom. The van der Waals surface area contributed by atoms with E-state index in [1.54, 1.807) is 10.9 Å². The Morgan fingerprint density at radius 2 is 1.78 bits per heavy atom. The minimum absolute atomic E-state index is 0.251. The number of carbonyl (C=O) groups is 1. The van der Waals surface area contributed by atoms with E-state index in [0.29, 0.717) is 23.9 Å². The Labute approximate surface area is 182 Å². The maximum atomic E-state index is 12.8. The molecular weight excluding hydrogens is 417 g/mol. The normalized spacial score (nSPS) is 11.6. The zero-order chi connectivity index (χ0) is 22.7. The molecule has 0 bridgehead atoms. The van der Waals surface area contributed by atoms with Gasteiger partial charge in [0.25, 0.3) is 5.91 Å². The fourth-order valence-electron chi connectivity index (χ4n) is 3.56. The summed E-state index contributed by atoms with van der Waals surface area (Å²) < 4.78 is 40.1. The summed E-state index contributed by atoms with van der Waals surface area (Å²) in [6, 6.07) is 16.1. The maximum absolute atomic E-state index is 12.8. The molecule has 0 aliphatic rings. The van der Waals surface area contributed by atoms with E-state index in [1.165, 1.54) is 12.1 Å². The van der Waals surface area contributed by atoms with Crippen molar-refractivity contribution < 1.29 is 18.0 Å². The molecule has 0 aliphatic heterocycles. The molecule has 1 N–H and O–H groups in total. The molecule has 8 heteroatoms. The highest BCUT2D eigenvalue weighted by Gasteiger charge is 2.30. The molecule has 2 aromatic carbocycles. The first-order valence-electron chi connectivity index (χ1n) is 10.1. The Kier molecular flexibility index (Phi) is 5.94. The second kappa shape index (κ2) is 8.82. The van der Waals surface area contributed by atoms with Gasteiger partial charge in [0, 0.05) is 23.8 Å². The first kappa shape index (κ1) is 21.5. The van der Waals surface area contributed by atoms with Crippen LogP contribution in [0, 0.1) is 6.92 Å². The summed E-state index contributed by atoms with van der Waals surface area (Å²) in [7, 11) is 0. The molecule has 0 atom stereocenters. The molecule has 4 rings (SSSR count). The molecule has 164 valence electrons. The number of hydrogen-bond donors (Lipinski definition) is 1. The summed E-state index contributed by atoms with van der Waals surface area (Å²) in [6.45, 7) is 2.61. The van der Waals surface area contributed by atoms with Crippen LogP contribution in [0.4, 0.5) is 13.2 Å². The summed E-state index contributed by atoms with van der Waals surface area (Å²) in [5, 5.41) is 8.06. The average Bonchev–Trinajstić information content (AvgIpc) is 3.13. The van der Waals surface area contributed by atoms with Crippen LogP contribution in [-0.4, -0.2) is 27.2 Å². The number of amides is 1. The molecule has 4 aromatic rings. The SMILES string of the molecule is Cc1ncccc1CCNC(=O)c1nn(Cc2ccc(C(F)(F)F)cc2)c2ccccc12. The molecule has 0 aliphatic carbocycles. The highest BCUT2D eigenvalue weighted by molar-refractivity contribution is 6.04. The first-order valence-corrected chi connectivity index (χ1v) is 10.1. The van der Waals surface area contributed by atoms with Gasteiger partial charge in [-0.2, -0.15) is 18.3 Å². The molecule has 2 aromatic heterocycles. The summed E-state index contributed by atoms with van der Waals surface area (Å²) in [4.78, 5) is 17.1. The fraction of sp³-hybridized carbons (Fsp3) is 0.208. The number of alkyl halides is 3. The smallest absolute Gasteiger partial charge is 0.350 e. The third-order valence-electron chi connectivity index (χ3n) is 5.28. The number of fused-ring (bicyclic) bond motifs is 1. The van der Waals surface area contributed by atoms with E-state index in [9.17, 15) is 18.0 Å². The van der Waals surface area contributed by atoms with Crippen LogP contribution < -0.4 is 5.32 Å². The predicted octanol–water partition coefficient (Wildman–Crippen LogP) is 4.78. The number of aromatic nitrogens is 3. The van der Waals surface area contributed by atoms with Crippen molar-refractivity contribution in [2.75, 3.05) is 6.54 Å². The molecular formula is C24H21F3N4O. The highest BCUT2D eigenvalue weighted by Crippen LogP contribution is 2.29. The lowest BCUT2D eigenvalue weighted by atomic mass is 10.1. The Hall–Kier alpha value is -3.68. The summed E-state index contributed by atoms with van der Waals surface area (Å²) in [5.74, 6) is -0.297. The van der Waals surface area contributed by atoms with E-state index in [1.807, 2.05) is 43.3 Å². The van der Waals surface area contributed by atoms with E-state index in [-0.39, 0.29) is 18.1 Å². The minimum atomic E-state index is -4.38. The van der Waals surface area contributed by atoms with Crippen molar-refractivity contribution in [1.82, 2.24) is 20.1 Å². The van der Waals surface area contributed by atoms with Gasteiger partial charge in [-0.1, -0.05) is 36.4 Å². The average molecular weight is 438 g/mol. The summed E-state index contributed by atoms with van der Waals surface area (Å²) in [6.07, 6.45) is -2.00. The van der Waals surface area contributed by atoms with Crippen molar-refractivity contribution in [1.29, 1.82) is 0 Å².